The molecule has 172 valence electrons. The first kappa shape index (κ1) is 21.7. The number of hydrogen-bond donors (Lipinski definition) is 0. The minimum atomic E-state index is -0.258. The van der Waals surface area contributed by atoms with Crippen LogP contribution in [0.1, 0.15) is 45.6 Å². The minimum Gasteiger partial charge on any atom is -0.497 e. The Balaban J connectivity index is 1.65. The number of benzene rings is 3. The molecule has 2 atom stereocenters. The molecule has 0 saturated heterocycles. The van der Waals surface area contributed by atoms with Crippen molar-refractivity contribution in [1.29, 1.82) is 0 Å². The van der Waals surface area contributed by atoms with Gasteiger partial charge < -0.3 is 9.47 Å². The summed E-state index contributed by atoms with van der Waals surface area (Å²) >= 11 is 0. The van der Waals surface area contributed by atoms with Gasteiger partial charge in [0.15, 0.2) is 0 Å². The van der Waals surface area contributed by atoms with Gasteiger partial charge in [0.2, 0.25) is 5.95 Å². The van der Waals surface area contributed by atoms with Gasteiger partial charge in [0.05, 0.1) is 31.9 Å². The van der Waals surface area contributed by atoms with Gasteiger partial charge in [-0.15, -0.1) is 0 Å². The van der Waals surface area contributed by atoms with E-state index in [1.165, 1.54) is 11.9 Å². The molecule has 0 spiro atoms. The summed E-state index contributed by atoms with van der Waals surface area (Å²) in [5.41, 5.74) is 3.79. The lowest BCUT2D eigenvalue weighted by Crippen LogP contribution is -2.42. The van der Waals surface area contributed by atoms with E-state index in [1.807, 2.05) is 41.1 Å². The van der Waals surface area contributed by atoms with Gasteiger partial charge in [0.25, 0.3) is 5.91 Å². The summed E-state index contributed by atoms with van der Waals surface area (Å²) in [6.07, 6.45) is 2.15. The van der Waals surface area contributed by atoms with E-state index in [0.717, 1.165) is 16.9 Å². The van der Waals surface area contributed by atoms with Gasteiger partial charge in [-0.2, -0.15) is 10.1 Å². The lowest BCUT2D eigenvalue weighted by atomic mass is 9.91. The average Bonchev–Trinajstić information content (AvgIpc) is 3.38. The molecule has 1 amide bonds. The SMILES string of the molecule is COc1ccc([C@H]2C[C@@H](c3ccc(C)cc3)n3ncnc3N2C(=O)c2ccccc2OC)cc1. The maximum Gasteiger partial charge on any atom is 0.264 e. The predicted molar refractivity (Wildman–Crippen MR) is 129 cm³/mol. The lowest BCUT2D eigenvalue weighted by molar-refractivity contribution is 0.0960. The van der Waals surface area contributed by atoms with Gasteiger partial charge in [0, 0.05) is 0 Å². The first-order valence-corrected chi connectivity index (χ1v) is 11.2. The smallest absolute Gasteiger partial charge is 0.264 e. The fourth-order valence-corrected chi connectivity index (χ4v) is 4.55. The third kappa shape index (κ3) is 3.79. The molecular formula is C27H26N4O3. The van der Waals surface area contributed by atoms with Crippen molar-refractivity contribution >= 4 is 11.9 Å². The number of para-hydroxylation sites is 1. The fraction of sp³-hybridized carbons (Fsp3) is 0.222. The quantitative estimate of drug-likeness (QED) is 0.425. The molecule has 0 radical (unpaired) electrons. The van der Waals surface area contributed by atoms with Crippen LogP contribution in [0.25, 0.3) is 0 Å². The highest BCUT2D eigenvalue weighted by atomic mass is 16.5. The van der Waals surface area contributed by atoms with Crippen LogP contribution in [0.2, 0.25) is 0 Å². The maximum absolute atomic E-state index is 14.0. The van der Waals surface area contributed by atoms with Crippen molar-refractivity contribution in [3.8, 4) is 11.5 Å². The molecule has 1 aliphatic heterocycles. The highest BCUT2D eigenvalue weighted by molar-refractivity contribution is 6.07. The van der Waals surface area contributed by atoms with Crippen LogP contribution < -0.4 is 14.4 Å². The Morgan fingerprint density at radius 1 is 0.882 bits per heavy atom. The zero-order valence-corrected chi connectivity index (χ0v) is 19.4. The average molecular weight is 455 g/mol. The number of carbonyl (C=O) groups excluding carboxylic acids is 1. The third-order valence-corrected chi connectivity index (χ3v) is 6.34. The fourth-order valence-electron chi connectivity index (χ4n) is 4.55. The standard InChI is InChI=1S/C27H26N4O3/c1-18-8-10-20(11-9-18)24-16-23(19-12-14-21(33-2)15-13-19)30(27-28-17-29-31(24)27)26(32)22-6-4-5-7-25(22)34-3/h4-15,17,23-24H,16H2,1-3H3/t23-,24+/m1/s1. The van der Waals surface area contributed by atoms with E-state index < -0.39 is 0 Å². The van der Waals surface area contributed by atoms with Crippen LogP contribution in [-0.2, 0) is 0 Å². The number of fused-ring (bicyclic) bond motifs is 1. The number of amides is 1. The highest BCUT2D eigenvalue weighted by Crippen LogP contribution is 2.43. The molecule has 3 aromatic carbocycles. The van der Waals surface area contributed by atoms with Gasteiger partial charge in [-0.1, -0.05) is 54.1 Å². The van der Waals surface area contributed by atoms with Crippen LogP contribution in [0.3, 0.4) is 0 Å². The van der Waals surface area contributed by atoms with Crippen LogP contribution in [-0.4, -0.2) is 34.9 Å². The van der Waals surface area contributed by atoms with Crippen LogP contribution >= 0.6 is 0 Å². The molecule has 4 aromatic rings. The Morgan fingerprint density at radius 2 is 1.56 bits per heavy atom. The molecule has 0 bridgehead atoms. The van der Waals surface area contributed by atoms with Crippen molar-refractivity contribution < 1.29 is 14.3 Å². The minimum absolute atomic E-state index is 0.0630. The van der Waals surface area contributed by atoms with Crippen LogP contribution in [0.4, 0.5) is 5.95 Å². The molecule has 0 fully saturated rings. The molecule has 5 rings (SSSR count). The van der Waals surface area contributed by atoms with Crippen molar-refractivity contribution in [1.82, 2.24) is 14.8 Å². The lowest BCUT2D eigenvalue weighted by Gasteiger charge is -2.39. The molecule has 1 aromatic heterocycles. The number of methoxy groups -OCH3 is 2. The second-order valence-electron chi connectivity index (χ2n) is 8.33. The van der Waals surface area contributed by atoms with E-state index in [-0.39, 0.29) is 18.0 Å². The second kappa shape index (κ2) is 9.02. The zero-order valence-electron chi connectivity index (χ0n) is 19.4. The molecule has 34 heavy (non-hydrogen) atoms. The number of nitrogens with zero attached hydrogens (tertiary/aromatic N) is 4. The predicted octanol–water partition coefficient (Wildman–Crippen LogP) is 4.98. The van der Waals surface area contributed by atoms with E-state index in [0.29, 0.717) is 23.7 Å². The summed E-state index contributed by atoms with van der Waals surface area (Å²) in [7, 11) is 3.21. The zero-order chi connectivity index (χ0) is 23.7. The molecule has 0 saturated carbocycles. The Kier molecular flexibility index (Phi) is 5.76. The Bertz CT molecular complexity index is 1300. The molecular weight excluding hydrogens is 428 g/mol. The summed E-state index contributed by atoms with van der Waals surface area (Å²) in [5.74, 6) is 1.61. The molecule has 0 unspecified atom stereocenters. The molecule has 7 nitrogen and oxygen atoms in total. The molecule has 0 aliphatic carbocycles. The largest absolute Gasteiger partial charge is 0.497 e. The summed E-state index contributed by atoms with van der Waals surface area (Å²) in [5, 5.41) is 4.52. The topological polar surface area (TPSA) is 69.5 Å². The number of anilines is 1. The van der Waals surface area contributed by atoms with Crippen molar-refractivity contribution in [2.24, 2.45) is 0 Å². The summed E-state index contributed by atoms with van der Waals surface area (Å²) < 4.78 is 12.7. The van der Waals surface area contributed by atoms with E-state index in [1.54, 1.807) is 31.3 Å². The maximum atomic E-state index is 14.0. The van der Waals surface area contributed by atoms with Crippen molar-refractivity contribution in [3.05, 3.63) is 101 Å². The van der Waals surface area contributed by atoms with E-state index >= 15 is 0 Å². The number of carbonyl (C=O) groups is 1. The van der Waals surface area contributed by atoms with E-state index in [4.69, 9.17) is 9.47 Å². The molecule has 1 aliphatic rings. The third-order valence-electron chi connectivity index (χ3n) is 6.34. The Hall–Kier alpha value is -4.13. The number of aromatic nitrogens is 3. The summed E-state index contributed by atoms with van der Waals surface area (Å²) in [6.45, 7) is 2.07. The molecule has 0 N–H and O–H groups in total. The molecule has 2 heterocycles. The van der Waals surface area contributed by atoms with Gasteiger partial charge in [-0.25, -0.2) is 4.68 Å². The van der Waals surface area contributed by atoms with Crippen molar-refractivity contribution in [2.75, 3.05) is 19.1 Å². The van der Waals surface area contributed by atoms with Gasteiger partial charge in [-0.05, 0) is 48.7 Å². The number of aryl methyl sites for hydroxylation is 1. The van der Waals surface area contributed by atoms with Crippen molar-refractivity contribution in [2.45, 2.75) is 25.4 Å². The first-order valence-electron chi connectivity index (χ1n) is 11.2. The summed E-state index contributed by atoms with van der Waals surface area (Å²) in [6, 6.07) is 23.2. The normalized spacial score (nSPS) is 17.2. The van der Waals surface area contributed by atoms with Gasteiger partial charge >= 0.3 is 0 Å². The highest BCUT2D eigenvalue weighted by Gasteiger charge is 2.40. The van der Waals surface area contributed by atoms with E-state index in [9.17, 15) is 4.79 Å². The number of ether oxygens (including phenoxy) is 2. The van der Waals surface area contributed by atoms with Crippen molar-refractivity contribution in [3.63, 3.8) is 0 Å². The number of rotatable bonds is 5. The van der Waals surface area contributed by atoms with Gasteiger partial charge in [-0.3, -0.25) is 9.69 Å². The second-order valence-corrected chi connectivity index (χ2v) is 8.33. The van der Waals surface area contributed by atoms with E-state index in [2.05, 4.69) is 41.3 Å². The van der Waals surface area contributed by atoms with Crippen LogP contribution in [0.15, 0.2) is 79.1 Å². The van der Waals surface area contributed by atoms with Gasteiger partial charge in [0.1, 0.15) is 17.8 Å². The summed E-state index contributed by atoms with van der Waals surface area (Å²) in [4.78, 5) is 20.2. The van der Waals surface area contributed by atoms with Crippen LogP contribution in [0.5, 0.6) is 11.5 Å². The Labute approximate surface area is 198 Å². The monoisotopic (exact) mass is 454 g/mol. The number of hydrogen-bond acceptors (Lipinski definition) is 5. The Morgan fingerprint density at radius 3 is 2.26 bits per heavy atom. The molecule has 7 heteroatoms. The van der Waals surface area contributed by atoms with Crippen LogP contribution in [0, 0.1) is 6.92 Å². The first-order chi connectivity index (χ1) is 16.6.